The van der Waals surface area contributed by atoms with Crippen molar-refractivity contribution in [2.75, 3.05) is 0 Å². The van der Waals surface area contributed by atoms with E-state index < -0.39 is 5.79 Å². The van der Waals surface area contributed by atoms with Crippen molar-refractivity contribution in [2.45, 2.75) is 19.6 Å². The van der Waals surface area contributed by atoms with Crippen molar-refractivity contribution >= 4 is 5.84 Å². The van der Waals surface area contributed by atoms with Crippen molar-refractivity contribution in [2.24, 2.45) is 16.5 Å². The van der Waals surface area contributed by atoms with Gasteiger partial charge in [-0.15, -0.1) is 0 Å². The number of aliphatic imine (C=N–C) groups is 1. The summed E-state index contributed by atoms with van der Waals surface area (Å²) in [7, 11) is 0. The highest BCUT2D eigenvalue weighted by Gasteiger charge is 2.18. The van der Waals surface area contributed by atoms with Gasteiger partial charge in [-0.25, -0.2) is 4.99 Å². The molecule has 0 fully saturated rings. The van der Waals surface area contributed by atoms with Crippen molar-refractivity contribution in [3.63, 3.8) is 0 Å². The SMILES string of the molecule is CC1=CNC(C)(N)N=C1N. The van der Waals surface area contributed by atoms with E-state index in [0.717, 1.165) is 5.57 Å². The summed E-state index contributed by atoms with van der Waals surface area (Å²) in [6.07, 6.45) is 1.77. The maximum atomic E-state index is 5.61. The van der Waals surface area contributed by atoms with Gasteiger partial charge < -0.3 is 11.1 Å². The molecule has 0 aliphatic carbocycles. The zero-order valence-corrected chi connectivity index (χ0v) is 6.18. The van der Waals surface area contributed by atoms with Crippen molar-refractivity contribution in [3.05, 3.63) is 11.8 Å². The summed E-state index contributed by atoms with van der Waals surface area (Å²) in [4.78, 5) is 3.99. The predicted molar refractivity (Wildman–Crippen MR) is 41.1 cm³/mol. The summed E-state index contributed by atoms with van der Waals surface area (Å²) < 4.78 is 0. The molecule has 0 bridgehead atoms. The minimum atomic E-state index is -0.733. The van der Waals surface area contributed by atoms with Crippen LogP contribution in [0.3, 0.4) is 0 Å². The maximum absolute atomic E-state index is 5.61. The zero-order valence-electron chi connectivity index (χ0n) is 6.18. The van der Waals surface area contributed by atoms with Gasteiger partial charge in [-0.1, -0.05) is 0 Å². The Labute approximate surface area is 60.0 Å². The van der Waals surface area contributed by atoms with Crippen molar-refractivity contribution in [1.82, 2.24) is 5.32 Å². The summed E-state index contributed by atoms with van der Waals surface area (Å²) >= 11 is 0. The number of nitrogens with zero attached hydrogens (tertiary/aromatic N) is 1. The van der Waals surface area contributed by atoms with E-state index in [2.05, 4.69) is 10.3 Å². The maximum Gasteiger partial charge on any atom is 0.181 e. The topological polar surface area (TPSA) is 76.4 Å². The fraction of sp³-hybridized carbons (Fsp3) is 0.500. The molecule has 0 aromatic heterocycles. The molecule has 4 nitrogen and oxygen atoms in total. The van der Waals surface area contributed by atoms with E-state index in [9.17, 15) is 0 Å². The fourth-order valence-electron chi connectivity index (χ4n) is 0.699. The molecule has 1 atom stereocenters. The molecule has 0 radical (unpaired) electrons. The quantitative estimate of drug-likeness (QED) is 0.424. The Balaban J connectivity index is 2.87. The molecule has 0 saturated heterocycles. The molecular formula is C6H12N4. The van der Waals surface area contributed by atoms with Crippen LogP contribution in [0.2, 0.25) is 0 Å². The van der Waals surface area contributed by atoms with Crippen LogP contribution in [0.4, 0.5) is 0 Å². The number of nitrogens with one attached hydrogen (secondary N) is 1. The first-order valence-electron chi connectivity index (χ1n) is 3.10. The number of nitrogens with two attached hydrogens (primary N) is 2. The summed E-state index contributed by atoms with van der Waals surface area (Å²) in [6, 6.07) is 0. The van der Waals surface area contributed by atoms with Crippen molar-refractivity contribution in [3.8, 4) is 0 Å². The van der Waals surface area contributed by atoms with Crippen LogP contribution >= 0.6 is 0 Å². The normalized spacial score (nSPS) is 32.3. The Morgan fingerprint density at radius 1 is 1.70 bits per heavy atom. The van der Waals surface area contributed by atoms with Crippen LogP contribution in [0.5, 0.6) is 0 Å². The monoisotopic (exact) mass is 140 g/mol. The number of amidine groups is 1. The van der Waals surface area contributed by atoms with E-state index in [1.807, 2.05) is 6.92 Å². The van der Waals surface area contributed by atoms with Gasteiger partial charge in [0, 0.05) is 11.8 Å². The second kappa shape index (κ2) is 1.98. The van der Waals surface area contributed by atoms with E-state index in [1.165, 1.54) is 0 Å². The molecule has 10 heavy (non-hydrogen) atoms. The molecule has 0 amide bonds. The molecule has 5 N–H and O–H groups in total. The molecule has 56 valence electrons. The first kappa shape index (κ1) is 7.08. The van der Waals surface area contributed by atoms with Crippen LogP contribution in [0.1, 0.15) is 13.8 Å². The van der Waals surface area contributed by atoms with Crippen LogP contribution in [0.25, 0.3) is 0 Å². The Hall–Kier alpha value is -1.03. The highest BCUT2D eigenvalue weighted by Crippen LogP contribution is 2.05. The van der Waals surface area contributed by atoms with Gasteiger partial charge in [0.25, 0.3) is 0 Å². The van der Waals surface area contributed by atoms with Gasteiger partial charge in [-0.3, -0.25) is 5.73 Å². The molecule has 1 rings (SSSR count). The first-order chi connectivity index (χ1) is 4.51. The average molecular weight is 140 g/mol. The average Bonchev–Trinajstić information content (AvgIpc) is 1.79. The van der Waals surface area contributed by atoms with E-state index >= 15 is 0 Å². The third kappa shape index (κ3) is 1.27. The molecule has 4 heteroatoms. The van der Waals surface area contributed by atoms with Crippen LogP contribution in [-0.4, -0.2) is 11.6 Å². The standard InChI is InChI=1S/C6H12N4/c1-4-3-9-6(2,8)10-5(4)7/h3,9H,8H2,1-2H3,(H2,7,10). The van der Waals surface area contributed by atoms with Crippen LogP contribution in [0, 0.1) is 0 Å². The number of rotatable bonds is 0. The lowest BCUT2D eigenvalue weighted by Gasteiger charge is -2.25. The Morgan fingerprint density at radius 3 is 2.70 bits per heavy atom. The molecule has 1 unspecified atom stereocenters. The van der Waals surface area contributed by atoms with Gasteiger partial charge in [0.1, 0.15) is 5.84 Å². The van der Waals surface area contributed by atoms with Gasteiger partial charge in [0.05, 0.1) is 0 Å². The lowest BCUT2D eigenvalue weighted by molar-refractivity contribution is 0.433. The second-order valence-electron chi connectivity index (χ2n) is 2.62. The first-order valence-corrected chi connectivity index (χ1v) is 3.10. The molecule has 0 aromatic carbocycles. The predicted octanol–water partition coefficient (Wildman–Crippen LogP) is -0.517. The molecule has 1 aliphatic heterocycles. The zero-order chi connectivity index (χ0) is 7.78. The smallest absolute Gasteiger partial charge is 0.181 e. The highest BCUT2D eigenvalue weighted by molar-refractivity contribution is 5.97. The number of hydrogen-bond acceptors (Lipinski definition) is 4. The number of hydrogen-bond donors (Lipinski definition) is 3. The van der Waals surface area contributed by atoms with E-state index in [4.69, 9.17) is 11.5 Å². The van der Waals surface area contributed by atoms with E-state index in [0.29, 0.717) is 5.84 Å². The van der Waals surface area contributed by atoms with Crippen LogP contribution < -0.4 is 16.8 Å². The third-order valence-corrected chi connectivity index (χ3v) is 1.34. The molecule has 0 saturated carbocycles. The second-order valence-corrected chi connectivity index (χ2v) is 2.62. The summed E-state index contributed by atoms with van der Waals surface area (Å²) in [6.45, 7) is 3.63. The fourth-order valence-corrected chi connectivity index (χ4v) is 0.699. The van der Waals surface area contributed by atoms with Gasteiger partial charge in [0.2, 0.25) is 0 Å². The Bertz CT molecular complexity index is 202. The lowest BCUT2D eigenvalue weighted by Crippen LogP contribution is -2.50. The van der Waals surface area contributed by atoms with Gasteiger partial charge in [0.15, 0.2) is 5.79 Å². The minimum absolute atomic E-state index is 0.503. The Morgan fingerprint density at radius 2 is 2.30 bits per heavy atom. The molecular weight excluding hydrogens is 128 g/mol. The highest BCUT2D eigenvalue weighted by atomic mass is 15.3. The Kier molecular flexibility index (Phi) is 1.40. The van der Waals surface area contributed by atoms with Gasteiger partial charge in [-0.05, 0) is 13.8 Å². The molecule has 0 spiro atoms. The van der Waals surface area contributed by atoms with Crippen molar-refractivity contribution in [1.29, 1.82) is 0 Å². The van der Waals surface area contributed by atoms with Gasteiger partial charge >= 0.3 is 0 Å². The lowest BCUT2D eigenvalue weighted by atomic mass is 10.2. The summed E-state index contributed by atoms with van der Waals surface area (Å²) in [5, 5.41) is 2.89. The molecule has 1 aliphatic rings. The third-order valence-electron chi connectivity index (χ3n) is 1.34. The largest absolute Gasteiger partial charge is 0.384 e. The van der Waals surface area contributed by atoms with E-state index in [1.54, 1.807) is 13.1 Å². The van der Waals surface area contributed by atoms with Gasteiger partial charge in [-0.2, -0.15) is 0 Å². The minimum Gasteiger partial charge on any atom is -0.384 e. The van der Waals surface area contributed by atoms with E-state index in [-0.39, 0.29) is 0 Å². The van der Waals surface area contributed by atoms with Crippen LogP contribution in [-0.2, 0) is 0 Å². The molecule has 0 aromatic rings. The molecule has 1 heterocycles. The van der Waals surface area contributed by atoms with Crippen molar-refractivity contribution < 1.29 is 0 Å². The van der Waals surface area contributed by atoms with Crippen LogP contribution in [0.15, 0.2) is 16.8 Å². The summed E-state index contributed by atoms with van der Waals surface area (Å²) in [5.41, 5.74) is 12.0. The summed E-state index contributed by atoms with van der Waals surface area (Å²) in [5.74, 6) is -0.229.